The summed E-state index contributed by atoms with van der Waals surface area (Å²) in [7, 11) is 2.20. The van der Waals surface area contributed by atoms with E-state index < -0.39 is 0 Å². The van der Waals surface area contributed by atoms with Gasteiger partial charge >= 0.3 is 0 Å². The number of hydrogen-bond donors (Lipinski definition) is 2. The molecule has 0 spiro atoms. The molecule has 0 aliphatic carbocycles. The van der Waals surface area contributed by atoms with Crippen molar-refractivity contribution in [2.75, 3.05) is 20.1 Å². The molecule has 0 radical (unpaired) electrons. The van der Waals surface area contributed by atoms with Gasteiger partial charge in [-0.15, -0.1) is 0 Å². The molecule has 2 unspecified atom stereocenters. The van der Waals surface area contributed by atoms with Crippen molar-refractivity contribution in [2.24, 2.45) is 0 Å². The number of nitrogens with zero attached hydrogens (tertiary/aromatic N) is 3. The number of piperidine rings is 1. The number of likely N-dealkylation sites (N-methyl/N-ethyl adjacent to an activating group) is 1. The number of fused-ring (bicyclic) bond motifs is 3. The van der Waals surface area contributed by atoms with Crippen molar-refractivity contribution in [3.8, 4) is 0 Å². The third-order valence-corrected chi connectivity index (χ3v) is 6.32. The molecular weight excluding hydrogens is 362 g/mol. The number of amides is 1. The van der Waals surface area contributed by atoms with E-state index in [4.69, 9.17) is 0 Å². The van der Waals surface area contributed by atoms with Gasteiger partial charge in [0.15, 0.2) is 5.69 Å². The van der Waals surface area contributed by atoms with Crippen LogP contribution < -0.4 is 5.32 Å². The minimum Gasteiger partial charge on any atom is -0.348 e. The molecule has 6 nitrogen and oxygen atoms in total. The van der Waals surface area contributed by atoms with Crippen LogP contribution in [0.1, 0.15) is 28.9 Å². The Morgan fingerprint density at radius 1 is 1.07 bits per heavy atom. The minimum absolute atomic E-state index is 0.0737. The van der Waals surface area contributed by atoms with E-state index in [1.807, 2.05) is 24.3 Å². The molecular formula is C23H27N5O. The first-order valence-corrected chi connectivity index (χ1v) is 10.4. The highest BCUT2D eigenvalue weighted by Gasteiger charge is 2.40. The fourth-order valence-corrected chi connectivity index (χ4v) is 5.04. The lowest BCUT2D eigenvalue weighted by Crippen LogP contribution is -2.63. The predicted molar refractivity (Wildman–Crippen MR) is 114 cm³/mol. The third kappa shape index (κ3) is 3.66. The smallest absolute Gasteiger partial charge is 0.272 e. The quantitative estimate of drug-likeness (QED) is 0.720. The number of piperazine rings is 1. The molecule has 6 heteroatoms. The molecule has 2 N–H and O–H groups in total. The second-order valence-electron chi connectivity index (χ2n) is 8.45. The summed E-state index contributed by atoms with van der Waals surface area (Å²) in [6.45, 7) is 3.07. The molecule has 5 rings (SSSR count). The number of rotatable bonds is 4. The highest BCUT2D eigenvalue weighted by atomic mass is 16.2. The second-order valence-corrected chi connectivity index (χ2v) is 8.45. The largest absolute Gasteiger partial charge is 0.348 e. The molecule has 29 heavy (non-hydrogen) atoms. The van der Waals surface area contributed by atoms with Gasteiger partial charge < -0.3 is 10.2 Å². The zero-order valence-corrected chi connectivity index (χ0v) is 16.7. The van der Waals surface area contributed by atoms with Crippen molar-refractivity contribution in [3.05, 3.63) is 65.9 Å². The lowest BCUT2D eigenvalue weighted by atomic mass is 9.87. The van der Waals surface area contributed by atoms with Gasteiger partial charge in [-0.25, -0.2) is 0 Å². The van der Waals surface area contributed by atoms with Crippen LogP contribution in [0.25, 0.3) is 10.9 Å². The molecule has 2 saturated heterocycles. The monoisotopic (exact) mass is 389 g/mol. The highest BCUT2D eigenvalue weighted by molar-refractivity contribution is 6.04. The highest BCUT2D eigenvalue weighted by Crippen LogP contribution is 2.30. The minimum atomic E-state index is -0.0737. The van der Waals surface area contributed by atoms with Gasteiger partial charge in [-0.05, 0) is 31.5 Å². The van der Waals surface area contributed by atoms with Gasteiger partial charge in [0, 0.05) is 43.1 Å². The molecule has 2 aromatic carbocycles. The molecule has 1 aromatic heterocycles. The van der Waals surface area contributed by atoms with Crippen molar-refractivity contribution < 1.29 is 4.79 Å². The van der Waals surface area contributed by atoms with Crippen LogP contribution in [-0.4, -0.2) is 64.2 Å². The van der Waals surface area contributed by atoms with Crippen LogP contribution in [0.5, 0.6) is 0 Å². The van der Waals surface area contributed by atoms with Crippen LogP contribution in [0.2, 0.25) is 0 Å². The van der Waals surface area contributed by atoms with Gasteiger partial charge in [-0.3, -0.25) is 14.8 Å². The number of carbonyl (C=O) groups excluding carboxylic acids is 1. The van der Waals surface area contributed by atoms with Crippen molar-refractivity contribution in [1.82, 2.24) is 25.3 Å². The molecule has 3 aromatic rings. The lowest BCUT2D eigenvalue weighted by Gasteiger charge is -2.51. The van der Waals surface area contributed by atoms with Crippen LogP contribution in [0.3, 0.4) is 0 Å². The maximum atomic E-state index is 12.9. The van der Waals surface area contributed by atoms with Gasteiger partial charge in [0.05, 0.1) is 5.52 Å². The van der Waals surface area contributed by atoms with Crippen LogP contribution in [-0.2, 0) is 6.54 Å². The first-order chi connectivity index (χ1) is 14.2. The Balaban J connectivity index is 1.30. The van der Waals surface area contributed by atoms with Crippen molar-refractivity contribution in [3.63, 3.8) is 0 Å². The van der Waals surface area contributed by atoms with Gasteiger partial charge in [-0.2, -0.15) is 5.10 Å². The second kappa shape index (κ2) is 7.61. The van der Waals surface area contributed by atoms with Crippen LogP contribution in [0.15, 0.2) is 54.6 Å². The summed E-state index contributed by atoms with van der Waals surface area (Å²) in [5, 5.41) is 11.4. The molecule has 1 amide bonds. The molecule has 2 aliphatic heterocycles. The Labute approximate surface area is 170 Å². The molecule has 2 bridgehead atoms. The Hall–Kier alpha value is -2.70. The van der Waals surface area contributed by atoms with E-state index in [1.54, 1.807) is 0 Å². The predicted octanol–water partition coefficient (Wildman–Crippen LogP) is 2.64. The number of hydrogen-bond acceptors (Lipinski definition) is 4. The number of aromatic nitrogens is 2. The maximum absolute atomic E-state index is 12.9. The summed E-state index contributed by atoms with van der Waals surface area (Å²) < 4.78 is 0. The molecule has 3 heterocycles. The zero-order valence-electron chi connectivity index (χ0n) is 16.7. The number of nitrogens with one attached hydrogen (secondary N) is 2. The van der Waals surface area contributed by atoms with Gasteiger partial charge in [0.2, 0.25) is 0 Å². The maximum Gasteiger partial charge on any atom is 0.272 e. The topological polar surface area (TPSA) is 64.3 Å². The Kier molecular flexibility index (Phi) is 4.81. The average Bonchev–Trinajstić information content (AvgIpc) is 3.14. The zero-order chi connectivity index (χ0) is 19.8. The summed E-state index contributed by atoms with van der Waals surface area (Å²) in [6.07, 6.45) is 1.95. The molecule has 0 saturated carbocycles. The van der Waals surface area contributed by atoms with E-state index >= 15 is 0 Å². The van der Waals surface area contributed by atoms with E-state index in [-0.39, 0.29) is 11.9 Å². The van der Waals surface area contributed by atoms with E-state index in [1.165, 1.54) is 5.56 Å². The van der Waals surface area contributed by atoms with Crippen molar-refractivity contribution in [2.45, 2.75) is 37.5 Å². The molecule has 2 fully saturated rings. The van der Waals surface area contributed by atoms with E-state index in [0.29, 0.717) is 17.8 Å². The Bertz CT molecular complexity index is 985. The normalized spacial score (nSPS) is 25.2. The van der Waals surface area contributed by atoms with Gasteiger partial charge in [0.1, 0.15) is 0 Å². The summed E-state index contributed by atoms with van der Waals surface area (Å²) in [6, 6.07) is 19.6. The SMILES string of the molecule is CN1CC2CC(NC(=O)c3n[nH]c4ccccc34)CC(C1)N2Cc1ccccc1. The molecule has 2 aliphatic rings. The fraction of sp³-hybridized carbons (Fsp3) is 0.391. The summed E-state index contributed by atoms with van der Waals surface area (Å²) in [5.41, 5.74) is 2.75. The van der Waals surface area contributed by atoms with Crippen LogP contribution >= 0.6 is 0 Å². The number of likely N-dealkylation sites (tertiary alicyclic amines) is 1. The van der Waals surface area contributed by atoms with E-state index in [9.17, 15) is 4.79 Å². The number of aromatic amines is 1. The van der Waals surface area contributed by atoms with Gasteiger partial charge in [0.25, 0.3) is 5.91 Å². The summed E-state index contributed by atoms with van der Waals surface area (Å²) in [5.74, 6) is -0.0737. The lowest BCUT2D eigenvalue weighted by molar-refractivity contribution is -0.0162. The van der Waals surface area contributed by atoms with Crippen molar-refractivity contribution in [1.29, 1.82) is 0 Å². The van der Waals surface area contributed by atoms with Crippen molar-refractivity contribution >= 4 is 16.8 Å². The molecule has 150 valence electrons. The standard InChI is InChI=1S/C23H27N5O/c1-27-14-18-11-17(12-19(15-27)28(18)13-16-7-3-2-4-8-16)24-23(29)22-20-9-5-6-10-21(20)25-26-22/h2-10,17-19H,11-15H2,1H3,(H,24,29)(H,25,26). The van der Waals surface area contributed by atoms with Crippen LogP contribution in [0, 0.1) is 0 Å². The first kappa shape index (κ1) is 18.3. The average molecular weight is 390 g/mol. The Morgan fingerprint density at radius 2 is 1.76 bits per heavy atom. The summed E-state index contributed by atoms with van der Waals surface area (Å²) >= 11 is 0. The number of para-hydroxylation sites is 1. The van der Waals surface area contributed by atoms with Crippen LogP contribution in [0.4, 0.5) is 0 Å². The fourth-order valence-electron chi connectivity index (χ4n) is 5.04. The number of carbonyl (C=O) groups is 1. The third-order valence-electron chi connectivity index (χ3n) is 6.32. The number of benzene rings is 2. The molecule has 2 atom stereocenters. The first-order valence-electron chi connectivity index (χ1n) is 10.4. The van der Waals surface area contributed by atoms with E-state index in [0.717, 1.165) is 43.4 Å². The van der Waals surface area contributed by atoms with Gasteiger partial charge in [-0.1, -0.05) is 48.5 Å². The number of H-pyrrole nitrogens is 1. The van der Waals surface area contributed by atoms with E-state index in [2.05, 4.69) is 62.7 Å². The summed E-state index contributed by atoms with van der Waals surface area (Å²) in [4.78, 5) is 18.0. The Morgan fingerprint density at radius 3 is 2.52 bits per heavy atom.